The Morgan fingerprint density at radius 1 is 1.15 bits per heavy atom. The number of nitrogens with one attached hydrogen (secondary N) is 1. The third kappa shape index (κ3) is 2.16. The highest BCUT2D eigenvalue weighted by Gasteiger charge is 2.16. The third-order valence-corrected chi connectivity index (χ3v) is 3.83. The lowest BCUT2D eigenvalue weighted by atomic mass is 9.98. The molecule has 4 heteroatoms. The molecule has 1 N–H and O–H groups in total. The normalized spacial score (nSPS) is 10.9. The molecular weight excluding hydrogens is 321 g/mol. The predicted octanol–water partition coefficient (Wildman–Crippen LogP) is 4.61. The van der Waals surface area contributed by atoms with Crippen molar-refractivity contribution in [3.63, 3.8) is 0 Å². The van der Waals surface area contributed by atoms with Crippen LogP contribution in [0.4, 0.5) is 4.39 Å². The van der Waals surface area contributed by atoms with Crippen LogP contribution in [-0.2, 0) is 0 Å². The van der Waals surface area contributed by atoms with Crippen LogP contribution in [0.15, 0.2) is 47.1 Å². The van der Waals surface area contributed by atoms with Crippen LogP contribution in [0.25, 0.3) is 10.9 Å². The van der Waals surface area contributed by atoms with Crippen LogP contribution in [0.1, 0.15) is 21.5 Å². The number of benzene rings is 2. The van der Waals surface area contributed by atoms with E-state index in [4.69, 9.17) is 0 Å². The van der Waals surface area contributed by atoms with Crippen LogP contribution in [0.3, 0.4) is 0 Å². The van der Waals surface area contributed by atoms with Gasteiger partial charge in [-0.2, -0.15) is 0 Å². The maximum Gasteiger partial charge on any atom is 0.195 e. The average Bonchev–Trinajstić information content (AvgIpc) is 2.83. The van der Waals surface area contributed by atoms with Crippen LogP contribution >= 0.6 is 15.9 Å². The first-order valence-corrected chi connectivity index (χ1v) is 6.93. The second-order valence-electron chi connectivity index (χ2n) is 4.68. The van der Waals surface area contributed by atoms with Crippen molar-refractivity contribution in [1.29, 1.82) is 0 Å². The van der Waals surface area contributed by atoms with Crippen molar-refractivity contribution in [3.05, 3.63) is 69.6 Å². The largest absolute Gasteiger partial charge is 0.360 e. The van der Waals surface area contributed by atoms with Crippen molar-refractivity contribution in [2.24, 2.45) is 0 Å². The highest BCUT2D eigenvalue weighted by molar-refractivity contribution is 9.10. The van der Waals surface area contributed by atoms with Gasteiger partial charge >= 0.3 is 0 Å². The lowest BCUT2D eigenvalue weighted by molar-refractivity contribution is 0.103. The Labute approximate surface area is 123 Å². The molecule has 3 rings (SSSR count). The molecule has 2 aromatic carbocycles. The summed E-state index contributed by atoms with van der Waals surface area (Å²) < 4.78 is 14.3. The standard InChI is InChI=1S/C16H11BrFNO/c1-9-2-4-11(18)7-13(9)16(20)14-8-19-15-6-10(17)3-5-12(14)15/h2-8,19H,1H3. The molecule has 100 valence electrons. The molecule has 0 atom stereocenters. The van der Waals surface area contributed by atoms with E-state index in [-0.39, 0.29) is 5.78 Å². The number of ketones is 1. The average molecular weight is 332 g/mol. The Balaban J connectivity index is 2.15. The van der Waals surface area contributed by atoms with Crippen LogP contribution < -0.4 is 0 Å². The minimum absolute atomic E-state index is 0.171. The zero-order valence-corrected chi connectivity index (χ0v) is 12.3. The molecule has 0 aliphatic heterocycles. The van der Waals surface area contributed by atoms with E-state index in [1.807, 2.05) is 18.2 Å². The van der Waals surface area contributed by atoms with Gasteiger partial charge in [-0.1, -0.05) is 28.1 Å². The third-order valence-electron chi connectivity index (χ3n) is 3.33. The van der Waals surface area contributed by atoms with Gasteiger partial charge in [0.15, 0.2) is 5.78 Å². The Kier molecular flexibility index (Phi) is 3.18. The van der Waals surface area contributed by atoms with Crippen LogP contribution in [0.5, 0.6) is 0 Å². The minimum Gasteiger partial charge on any atom is -0.360 e. The molecule has 0 saturated carbocycles. The Morgan fingerprint density at radius 2 is 1.95 bits per heavy atom. The van der Waals surface area contributed by atoms with Crippen molar-refractivity contribution >= 4 is 32.6 Å². The fourth-order valence-electron chi connectivity index (χ4n) is 2.27. The number of hydrogen-bond acceptors (Lipinski definition) is 1. The van der Waals surface area contributed by atoms with Gasteiger partial charge in [-0.15, -0.1) is 0 Å². The highest BCUT2D eigenvalue weighted by Crippen LogP contribution is 2.25. The molecule has 0 fully saturated rings. The molecule has 0 radical (unpaired) electrons. The van der Waals surface area contributed by atoms with Crippen molar-refractivity contribution < 1.29 is 9.18 Å². The second-order valence-corrected chi connectivity index (χ2v) is 5.60. The summed E-state index contributed by atoms with van der Waals surface area (Å²) in [5.41, 5.74) is 2.59. The lowest BCUT2D eigenvalue weighted by Gasteiger charge is -2.04. The number of carbonyl (C=O) groups excluding carboxylic acids is 1. The zero-order chi connectivity index (χ0) is 14.3. The number of aromatic nitrogens is 1. The van der Waals surface area contributed by atoms with Gasteiger partial charge in [-0.3, -0.25) is 4.79 Å². The fraction of sp³-hybridized carbons (Fsp3) is 0.0625. The molecule has 0 aliphatic rings. The van der Waals surface area contributed by atoms with E-state index in [1.165, 1.54) is 12.1 Å². The summed E-state index contributed by atoms with van der Waals surface area (Å²) >= 11 is 3.39. The molecular formula is C16H11BrFNO. The van der Waals surface area contributed by atoms with Crippen LogP contribution in [-0.4, -0.2) is 10.8 Å². The van der Waals surface area contributed by atoms with E-state index in [0.29, 0.717) is 11.1 Å². The van der Waals surface area contributed by atoms with Gasteiger partial charge in [-0.05, 0) is 36.8 Å². The smallest absolute Gasteiger partial charge is 0.195 e. The predicted molar refractivity (Wildman–Crippen MR) is 80.6 cm³/mol. The first kappa shape index (κ1) is 13.1. The topological polar surface area (TPSA) is 32.9 Å². The number of rotatable bonds is 2. The zero-order valence-electron chi connectivity index (χ0n) is 10.7. The first-order chi connectivity index (χ1) is 9.56. The van der Waals surface area contributed by atoms with E-state index in [9.17, 15) is 9.18 Å². The number of H-pyrrole nitrogens is 1. The van der Waals surface area contributed by atoms with Gasteiger partial charge in [-0.25, -0.2) is 4.39 Å². The van der Waals surface area contributed by atoms with E-state index in [1.54, 1.807) is 19.2 Å². The summed E-state index contributed by atoms with van der Waals surface area (Å²) in [5.74, 6) is -0.572. The minimum atomic E-state index is -0.401. The summed E-state index contributed by atoms with van der Waals surface area (Å²) in [7, 11) is 0. The number of aromatic amines is 1. The number of carbonyl (C=O) groups is 1. The number of fused-ring (bicyclic) bond motifs is 1. The quantitative estimate of drug-likeness (QED) is 0.683. The molecule has 0 saturated heterocycles. The van der Waals surface area contributed by atoms with Gasteiger partial charge in [0, 0.05) is 32.7 Å². The molecule has 1 heterocycles. The van der Waals surface area contributed by atoms with Crippen molar-refractivity contribution in [2.45, 2.75) is 6.92 Å². The lowest BCUT2D eigenvalue weighted by Crippen LogP contribution is -2.03. The van der Waals surface area contributed by atoms with Crippen molar-refractivity contribution in [3.8, 4) is 0 Å². The summed E-state index contributed by atoms with van der Waals surface area (Å²) in [4.78, 5) is 15.7. The number of halogens is 2. The van der Waals surface area contributed by atoms with Gasteiger partial charge in [0.05, 0.1) is 0 Å². The van der Waals surface area contributed by atoms with Crippen molar-refractivity contribution in [1.82, 2.24) is 4.98 Å². The molecule has 1 aromatic heterocycles. The summed E-state index contributed by atoms with van der Waals surface area (Å²) in [6, 6.07) is 9.93. The Bertz CT molecular complexity index is 822. The SMILES string of the molecule is Cc1ccc(F)cc1C(=O)c1c[nH]c2cc(Br)ccc12. The van der Waals surface area contributed by atoms with Gasteiger partial charge in [0.1, 0.15) is 5.82 Å². The summed E-state index contributed by atoms with van der Waals surface area (Å²) in [6.45, 7) is 1.80. The van der Waals surface area contributed by atoms with Crippen molar-refractivity contribution in [2.75, 3.05) is 0 Å². The summed E-state index contributed by atoms with van der Waals surface area (Å²) in [6.07, 6.45) is 1.67. The molecule has 0 spiro atoms. The maximum absolute atomic E-state index is 13.3. The molecule has 0 unspecified atom stereocenters. The number of hydrogen-bond donors (Lipinski definition) is 1. The highest BCUT2D eigenvalue weighted by atomic mass is 79.9. The van der Waals surface area contributed by atoms with E-state index >= 15 is 0 Å². The maximum atomic E-state index is 13.3. The van der Waals surface area contributed by atoms with E-state index in [0.717, 1.165) is 20.9 Å². The van der Waals surface area contributed by atoms with E-state index in [2.05, 4.69) is 20.9 Å². The second kappa shape index (κ2) is 4.87. The molecule has 0 aliphatic carbocycles. The molecule has 3 aromatic rings. The van der Waals surface area contributed by atoms with Gasteiger partial charge < -0.3 is 4.98 Å². The fourth-order valence-corrected chi connectivity index (χ4v) is 2.63. The number of aryl methyl sites for hydroxylation is 1. The Hall–Kier alpha value is -1.94. The Morgan fingerprint density at radius 3 is 2.75 bits per heavy atom. The van der Waals surface area contributed by atoms with Crippen LogP contribution in [0.2, 0.25) is 0 Å². The van der Waals surface area contributed by atoms with Crippen LogP contribution in [0, 0.1) is 12.7 Å². The molecule has 0 bridgehead atoms. The molecule has 2 nitrogen and oxygen atoms in total. The van der Waals surface area contributed by atoms with Gasteiger partial charge in [0.2, 0.25) is 0 Å². The first-order valence-electron chi connectivity index (χ1n) is 6.14. The van der Waals surface area contributed by atoms with Gasteiger partial charge in [0.25, 0.3) is 0 Å². The molecule has 0 amide bonds. The van der Waals surface area contributed by atoms with E-state index < -0.39 is 5.82 Å². The monoisotopic (exact) mass is 331 g/mol. The molecule has 20 heavy (non-hydrogen) atoms. The summed E-state index contributed by atoms with van der Waals surface area (Å²) in [5, 5.41) is 0.835.